The molecule has 0 aliphatic carbocycles. The lowest BCUT2D eigenvalue weighted by Gasteiger charge is -2.12. The second-order valence-electron chi connectivity index (χ2n) is 2.19. The van der Waals surface area contributed by atoms with E-state index in [-0.39, 0.29) is 6.54 Å². The van der Waals surface area contributed by atoms with E-state index in [0.717, 1.165) is 0 Å². The number of rotatable bonds is 5. The van der Waals surface area contributed by atoms with Crippen molar-refractivity contribution in [2.75, 3.05) is 6.54 Å². The van der Waals surface area contributed by atoms with Gasteiger partial charge in [0.15, 0.2) is 6.23 Å². The number of amides is 1. The number of hydrogen-bond acceptors (Lipinski definition) is 4. The van der Waals surface area contributed by atoms with Crippen LogP contribution in [0.3, 0.4) is 0 Å². The van der Waals surface area contributed by atoms with E-state index >= 15 is 0 Å². The van der Waals surface area contributed by atoms with Crippen molar-refractivity contribution in [1.29, 1.82) is 0 Å². The summed E-state index contributed by atoms with van der Waals surface area (Å²) in [5.74, 6) is -0.433. The van der Waals surface area contributed by atoms with Gasteiger partial charge in [-0.1, -0.05) is 5.11 Å². The fraction of sp³-hybridized carbons (Fsp3) is 0.750. The molecule has 10 heteroatoms. The predicted octanol–water partition coefficient (Wildman–Crippen LogP) is -0.132. The summed E-state index contributed by atoms with van der Waals surface area (Å²) in [5, 5.41) is 5.11. The number of phosphoric ester groups is 1. The summed E-state index contributed by atoms with van der Waals surface area (Å²) < 4.78 is 14.4. The van der Waals surface area contributed by atoms with Crippen molar-refractivity contribution in [1.82, 2.24) is 5.32 Å². The van der Waals surface area contributed by atoms with E-state index in [1.165, 1.54) is 6.92 Å². The van der Waals surface area contributed by atoms with Crippen molar-refractivity contribution < 1.29 is 23.7 Å². The van der Waals surface area contributed by atoms with E-state index in [9.17, 15) is 9.36 Å². The molecule has 0 fully saturated rings. The molecule has 1 atom stereocenters. The van der Waals surface area contributed by atoms with Crippen LogP contribution in [0.2, 0.25) is 0 Å². The van der Waals surface area contributed by atoms with E-state index in [2.05, 4.69) is 19.9 Å². The van der Waals surface area contributed by atoms with Gasteiger partial charge in [-0.15, -0.1) is 0 Å². The summed E-state index contributed by atoms with van der Waals surface area (Å²) in [5.41, 5.74) is 8.01. The van der Waals surface area contributed by atoms with Gasteiger partial charge in [0.1, 0.15) is 0 Å². The molecule has 0 radical (unpaired) electrons. The monoisotopic (exact) mass is 224 g/mol. The topological polar surface area (TPSA) is 145 Å². The molecule has 0 saturated carbocycles. The van der Waals surface area contributed by atoms with Crippen molar-refractivity contribution in [3.63, 3.8) is 0 Å². The van der Waals surface area contributed by atoms with Crippen LogP contribution in [0.5, 0.6) is 0 Å². The first-order chi connectivity index (χ1) is 6.35. The summed E-state index contributed by atoms with van der Waals surface area (Å²) in [6.07, 6.45) is -1.43. The smallest absolute Gasteiger partial charge is 0.354 e. The van der Waals surface area contributed by atoms with Crippen LogP contribution in [0.4, 0.5) is 0 Å². The van der Waals surface area contributed by atoms with Crippen molar-refractivity contribution in [2.24, 2.45) is 5.11 Å². The fourth-order valence-corrected chi connectivity index (χ4v) is 0.980. The quantitative estimate of drug-likeness (QED) is 0.257. The first-order valence-electron chi connectivity index (χ1n) is 3.37. The van der Waals surface area contributed by atoms with Gasteiger partial charge in [0.05, 0.1) is 6.54 Å². The van der Waals surface area contributed by atoms with Crippen LogP contribution in [-0.2, 0) is 13.9 Å². The summed E-state index contributed by atoms with van der Waals surface area (Å²) in [7, 11) is -4.73. The van der Waals surface area contributed by atoms with Crippen LogP contribution in [0.25, 0.3) is 10.4 Å². The first-order valence-corrected chi connectivity index (χ1v) is 4.91. The summed E-state index contributed by atoms with van der Waals surface area (Å²) in [6.45, 7) is 0.898. The number of carbonyl (C=O) groups excluding carboxylic acids is 1. The molecule has 0 aliphatic rings. The average molecular weight is 224 g/mol. The number of nitrogens with one attached hydrogen (secondary N) is 1. The zero-order chi connectivity index (χ0) is 11.2. The third kappa shape index (κ3) is 7.53. The maximum Gasteiger partial charge on any atom is 0.470 e. The molecule has 9 nitrogen and oxygen atoms in total. The first kappa shape index (κ1) is 12.9. The van der Waals surface area contributed by atoms with Gasteiger partial charge in [0.25, 0.3) is 0 Å². The number of phosphoric acid groups is 1. The fourth-order valence-electron chi connectivity index (χ4n) is 0.546. The molecular weight excluding hydrogens is 215 g/mol. The van der Waals surface area contributed by atoms with Gasteiger partial charge < -0.3 is 15.1 Å². The maximum absolute atomic E-state index is 10.4. The second-order valence-corrected chi connectivity index (χ2v) is 3.38. The van der Waals surface area contributed by atoms with Crippen molar-refractivity contribution >= 4 is 13.7 Å². The molecule has 0 aliphatic heterocycles. The highest BCUT2D eigenvalue weighted by molar-refractivity contribution is 7.46. The van der Waals surface area contributed by atoms with Crippen molar-refractivity contribution in [3.05, 3.63) is 10.4 Å². The minimum atomic E-state index is -4.73. The largest absolute Gasteiger partial charge is 0.470 e. The highest BCUT2D eigenvalue weighted by Crippen LogP contribution is 2.37. The Balaban J connectivity index is 4.23. The molecule has 1 amide bonds. The van der Waals surface area contributed by atoms with Crippen LogP contribution in [-0.4, -0.2) is 28.5 Å². The van der Waals surface area contributed by atoms with Gasteiger partial charge in [-0.3, -0.25) is 9.32 Å². The Morgan fingerprint density at radius 3 is 2.71 bits per heavy atom. The van der Waals surface area contributed by atoms with Gasteiger partial charge >= 0.3 is 7.82 Å². The third-order valence-corrected chi connectivity index (χ3v) is 1.48. The molecule has 0 aromatic heterocycles. The van der Waals surface area contributed by atoms with Crippen LogP contribution in [0.15, 0.2) is 5.11 Å². The molecule has 14 heavy (non-hydrogen) atoms. The molecule has 0 bridgehead atoms. The predicted molar refractivity (Wildman–Crippen MR) is 44.7 cm³/mol. The lowest BCUT2D eigenvalue weighted by molar-refractivity contribution is -0.119. The lowest BCUT2D eigenvalue weighted by Crippen LogP contribution is -2.30. The summed E-state index contributed by atoms with van der Waals surface area (Å²) in [4.78, 5) is 29.5. The Kier molecular flexibility index (Phi) is 5.14. The number of hydrogen-bond donors (Lipinski definition) is 3. The number of azide groups is 1. The second kappa shape index (κ2) is 5.58. The standard InChI is InChI=1S/C4H9N4O5P/c1-3(9)6-2-4(7-8-5)13-14(10,11)12/h4H,2H2,1H3,(H,6,9)(H2,10,11,12). The lowest BCUT2D eigenvalue weighted by atomic mass is 10.5. The maximum atomic E-state index is 10.4. The molecule has 0 saturated heterocycles. The molecule has 3 N–H and O–H groups in total. The Bertz CT molecular complexity index is 294. The van der Waals surface area contributed by atoms with Gasteiger partial charge in [-0.2, -0.15) is 0 Å². The Morgan fingerprint density at radius 2 is 2.36 bits per heavy atom. The molecule has 0 aromatic carbocycles. The van der Waals surface area contributed by atoms with Crippen LogP contribution < -0.4 is 5.32 Å². The normalized spacial score (nSPS) is 12.8. The van der Waals surface area contributed by atoms with Gasteiger partial charge in [0.2, 0.25) is 5.91 Å². The van der Waals surface area contributed by atoms with Crippen LogP contribution >= 0.6 is 7.82 Å². The summed E-state index contributed by atoms with van der Waals surface area (Å²) in [6, 6.07) is 0. The highest BCUT2D eigenvalue weighted by atomic mass is 31.2. The van der Waals surface area contributed by atoms with Crippen molar-refractivity contribution in [3.8, 4) is 0 Å². The van der Waals surface area contributed by atoms with Gasteiger partial charge in [-0.05, 0) is 5.53 Å². The Hall–Kier alpha value is -1.11. The Morgan fingerprint density at radius 1 is 1.79 bits per heavy atom. The molecule has 1 unspecified atom stereocenters. The van der Waals surface area contributed by atoms with Gasteiger partial charge in [-0.25, -0.2) is 4.57 Å². The van der Waals surface area contributed by atoms with Crippen molar-refractivity contribution in [2.45, 2.75) is 13.2 Å². The molecule has 0 heterocycles. The van der Waals surface area contributed by atoms with Crippen LogP contribution in [0, 0.1) is 0 Å². The van der Waals surface area contributed by atoms with Crippen LogP contribution in [0.1, 0.15) is 6.92 Å². The van der Waals surface area contributed by atoms with E-state index in [4.69, 9.17) is 15.3 Å². The average Bonchev–Trinajstić information content (AvgIpc) is 1.98. The number of nitrogens with zero attached hydrogens (tertiary/aromatic N) is 3. The molecule has 0 rings (SSSR count). The number of carbonyl (C=O) groups is 1. The summed E-state index contributed by atoms with van der Waals surface area (Å²) >= 11 is 0. The minimum absolute atomic E-state index is 0.301. The van der Waals surface area contributed by atoms with E-state index in [1.54, 1.807) is 0 Å². The van der Waals surface area contributed by atoms with Gasteiger partial charge in [0, 0.05) is 11.8 Å². The molecule has 0 aromatic rings. The van der Waals surface area contributed by atoms with E-state index in [1.807, 2.05) is 0 Å². The van der Waals surface area contributed by atoms with E-state index in [0.29, 0.717) is 0 Å². The highest BCUT2D eigenvalue weighted by Gasteiger charge is 2.21. The zero-order valence-electron chi connectivity index (χ0n) is 7.19. The third-order valence-electron chi connectivity index (χ3n) is 0.965. The molecular formula is C4H9N4O5P. The zero-order valence-corrected chi connectivity index (χ0v) is 8.09. The molecule has 80 valence electrons. The molecule has 0 spiro atoms. The van der Waals surface area contributed by atoms with E-state index < -0.39 is 20.0 Å². The Labute approximate surface area is 78.9 Å². The minimum Gasteiger partial charge on any atom is -0.354 e. The SMILES string of the molecule is CC(=O)NCC(N=[N+]=[N-])OP(=O)(O)O.